The Morgan fingerprint density at radius 1 is 0.933 bits per heavy atom. The van der Waals surface area contributed by atoms with Crippen molar-refractivity contribution in [3.63, 3.8) is 0 Å². The fraction of sp³-hybridized carbons (Fsp3) is 0.0833. The van der Waals surface area contributed by atoms with Gasteiger partial charge in [-0.25, -0.2) is 5.43 Å². The molecule has 3 aromatic rings. The number of nitro groups is 1. The molecule has 0 aliphatic heterocycles. The topological polar surface area (TPSA) is 84.6 Å². The number of aryl methyl sites for hydroxylation is 1. The van der Waals surface area contributed by atoms with E-state index in [1.807, 2.05) is 60.7 Å². The van der Waals surface area contributed by atoms with Gasteiger partial charge in [0.2, 0.25) is 5.91 Å². The van der Waals surface area contributed by atoms with E-state index in [4.69, 9.17) is 0 Å². The van der Waals surface area contributed by atoms with E-state index in [1.165, 1.54) is 6.07 Å². The first-order chi connectivity index (χ1) is 14.6. The molecule has 3 aromatic carbocycles. The number of rotatable bonds is 8. The molecule has 6 nitrogen and oxygen atoms in total. The van der Waals surface area contributed by atoms with Gasteiger partial charge in [0.1, 0.15) is 0 Å². The van der Waals surface area contributed by atoms with Crippen molar-refractivity contribution < 1.29 is 9.72 Å². The van der Waals surface area contributed by atoms with E-state index in [2.05, 4.69) is 10.5 Å². The number of nitro benzene ring substituents is 1. The number of nitrogens with one attached hydrogen (secondary N) is 1. The summed E-state index contributed by atoms with van der Waals surface area (Å²) in [6, 6.07) is 25.5. The Labute approximate surface area is 174 Å². The van der Waals surface area contributed by atoms with Gasteiger partial charge in [-0.05, 0) is 30.2 Å². The molecule has 30 heavy (non-hydrogen) atoms. The van der Waals surface area contributed by atoms with Crippen LogP contribution in [0.4, 0.5) is 5.69 Å². The van der Waals surface area contributed by atoms with Crippen molar-refractivity contribution in [2.45, 2.75) is 12.8 Å². The molecule has 3 rings (SSSR count). The first kappa shape index (κ1) is 20.7. The van der Waals surface area contributed by atoms with Crippen molar-refractivity contribution in [3.05, 3.63) is 118 Å². The maximum absolute atomic E-state index is 12.2. The molecule has 0 heterocycles. The molecule has 0 spiro atoms. The number of hydrogen-bond donors (Lipinski definition) is 1. The third-order valence-corrected chi connectivity index (χ3v) is 4.41. The minimum Gasteiger partial charge on any atom is -0.273 e. The molecule has 0 bridgehead atoms. The number of allylic oxidation sites excluding steroid dienone is 1. The summed E-state index contributed by atoms with van der Waals surface area (Å²) >= 11 is 0. The summed E-state index contributed by atoms with van der Waals surface area (Å²) in [4.78, 5) is 23.0. The fourth-order valence-corrected chi connectivity index (χ4v) is 2.85. The first-order valence-corrected chi connectivity index (χ1v) is 9.51. The zero-order valence-corrected chi connectivity index (χ0v) is 16.3. The van der Waals surface area contributed by atoms with Gasteiger partial charge in [0.15, 0.2) is 0 Å². The molecule has 0 fully saturated rings. The monoisotopic (exact) mass is 399 g/mol. The van der Waals surface area contributed by atoms with Crippen LogP contribution in [-0.2, 0) is 11.2 Å². The SMILES string of the molecule is O=C(CCc1ccccc1)NN=C(/C=C/c1ccccc1[N+](=O)[O-])c1ccccc1. The summed E-state index contributed by atoms with van der Waals surface area (Å²) in [5, 5.41) is 15.5. The normalized spacial score (nSPS) is 11.4. The van der Waals surface area contributed by atoms with Crippen LogP contribution in [0, 0.1) is 10.1 Å². The van der Waals surface area contributed by atoms with Crippen molar-refractivity contribution in [1.82, 2.24) is 5.43 Å². The van der Waals surface area contributed by atoms with Gasteiger partial charge in [0.25, 0.3) is 5.69 Å². The number of para-hydroxylation sites is 1. The Morgan fingerprint density at radius 2 is 1.57 bits per heavy atom. The van der Waals surface area contributed by atoms with Crippen LogP contribution in [0.3, 0.4) is 0 Å². The average molecular weight is 399 g/mol. The van der Waals surface area contributed by atoms with Crippen LogP contribution in [0.15, 0.2) is 96.1 Å². The predicted molar refractivity (Wildman–Crippen MR) is 118 cm³/mol. The van der Waals surface area contributed by atoms with Crippen LogP contribution >= 0.6 is 0 Å². The smallest absolute Gasteiger partial charge is 0.273 e. The summed E-state index contributed by atoms with van der Waals surface area (Å²) in [5.74, 6) is -0.202. The summed E-state index contributed by atoms with van der Waals surface area (Å²) in [6.07, 6.45) is 4.22. The van der Waals surface area contributed by atoms with E-state index in [0.29, 0.717) is 24.1 Å². The van der Waals surface area contributed by atoms with E-state index in [1.54, 1.807) is 30.4 Å². The first-order valence-electron chi connectivity index (χ1n) is 9.51. The number of benzene rings is 3. The molecule has 0 atom stereocenters. The number of hydrazone groups is 1. The average Bonchev–Trinajstić information content (AvgIpc) is 2.79. The van der Waals surface area contributed by atoms with Gasteiger partial charge in [-0.2, -0.15) is 5.10 Å². The van der Waals surface area contributed by atoms with Crippen LogP contribution in [0.5, 0.6) is 0 Å². The predicted octanol–water partition coefficient (Wildman–Crippen LogP) is 4.76. The minimum absolute atomic E-state index is 0.00746. The van der Waals surface area contributed by atoms with E-state index < -0.39 is 4.92 Å². The van der Waals surface area contributed by atoms with Crippen LogP contribution in [-0.4, -0.2) is 16.5 Å². The third-order valence-electron chi connectivity index (χ3n) is 4.41. The second-order valence-corrected chi connectivity index (χ2v) is 6.53. The van der Waals surface area contributed by atoms with Crippen molar-refractivity contribution in [1.29, 1.82) is 0 Å². The molecule has 1 amide bonds. The highest BCUT2D eigenvalue weighted by Crippen LogP contribution is 2.19. The van der Waals surface area contributed by atoms with Crippen molar-refractivity contribution >= 4 is 23.4 Å². The zero-order valence-electron chi connectivity index (χ0n) is 16.3. The molecule has 1 N–H and O–H groups in total. The van der Waals surface area contributed by atoms with Gasteiger partial charge in [0, 0.05) is 18.1 Å². The van der Waals surface area contributed by atoms with E-state index >= 15 is 0 Å². The summed E-state index contributed by atoms with van der Waals surface area (Å²) in [5.41, 5.74) is 5.43. The highest BCUT2D eigenvalue weighted by atomic mass is 16.6. The molecule has 0 saturated heterocycles. The second kappa shape index (κ2) is 10.5. The Kier molecular flexibility index (Phi) is 7.22. The van der Waals surface area contributed by atoms with Crippen molar-refractivity contribution in [2.24, 2.45) is 5.10 Å². The highest BCUT2D eigenvalue weighted by Gasteiger charge is 2.10. The molecule has 0 aliphatic rings. The third kappa shape index (κ3) is 5.97. The molecule has 0 unspecified atom stereocenters. The van der Waals surface area contributed by atoms with Crippen molar-refractivity contribution in [2.75, 3.05) is 0 Å². The number of hydrogen-bond acceptors (Lipinski definition) is 4. The van der Waals surface area contributed by atoms with Gasteiger partial charge >= 0.3 is 0 Å². The van der Waals surface area contributed by atoms with Gasteiger partial charge in [-0.1, -0.05) is 72.8 Å². The lowest BCUT2D eigenvalue weighted by atomic mass is 10.1. The Morgan fingerprint density at radius 3 is 2.27 bits per heavy atom. The standard InChI is InChI=1S/C24H21N3O3/c28-24(18-15-19-9-3-1-4-10-19)26-25-22(20-11-5-2-6-12-20)17-16-21-13-7-8-14-23(21)27(29)30/h1-14,16-17H,15,18H2,(H,26,28)/b17-16+,25-22?. The summed E-state index contributed by atoms with van der Waals surface area (Å²) < 4.78 is 0. The molecule has 0 saturated carbocycles. The highest BCUT2D eigenvalue weighted by molar-refractivity contribution is 6.11. The summed E-state index contributed by atoms with van der Waals surface area (Å²) in [7, 11) is 0. The van der Waals surface area contributed by atoms with Gasteiger partial charge in [0.05, 0.1) is 16.2 Å². The van der Waals surface area contributed by atoms with E-state index in [9.17, 15) is 14.9 Å². The van der Waals surface area contributed by atoms with Crippen LogP contribution < -0.4 is 5.43 Å². The minimum atomic E-state index is -0.426. The van der Waals surface area contributed by atoms with E-state index in [-0.39, 0.29) is 11.6 Å². The molecular weight excluding hydrogens is 378 g/mol. The lowest BCUT2D eigenvalue weighted by molar-refractivity contribution is -0.385. The molecule has 6 heteroatoms. The molecular formula is C24H21N3O3. The lowest BCUT2D eigenvalue weighted by Gasteiger charge is -2.05. The van der Waals surface area contributed by atoms with Gasteiger partial charge in [-0.15, -0.1) is 0 Å². The Balaban J connectivity index is 1.76. The van der Waals surface area contributed by atoms with Gasteiger partial charge < -0.3 is 0 Å². The summed E-state index contributed by atoms with van der Waals surface area (Å²) in [6.45, 7) is 0. The van der Waals surface area contributed by atoms with Crippen LogP contribution in [0.1, 0.15) is 23.1 Å². The fourth-order valence-electron chi connectivity index (χ4n) is 2.85. The van der Waals surface area contributed by atoms with Gasteiger partial charge in [-0.3, -0.25) is 14.9 Å². The van der Waals surface area contributed by atoms with Crippen molar-refractivity contribution in [3.8, 4) is 0 Å². The zero-order chi connectivity index (χ0) is 21.2. The maximum Gasteiger partial charge on any atom is 0.276 e. The second-order valence-electron chi connectivity index (χ2n) is 6.53. The molecule has 0 aliphatic carbocycles. The number of amides is 1. The molecule has 0 aromatic heterocycles. The van der Waals surface area contributed by atoms with E-state index in [0.717, 1.165) is 11.1 Å². The number of carbonyl (C=O) groups excluding carboxylic acids is 1. The Bertz CT molecular complexity index is 1060. The largest absolute Gasteiger partial charge is 0.276 e. The number of nitrogens with zero attached hydrogens (tertiary/aromatic N) is 2. The number of carbonyl (C=O) groups is 1. The Hall–Kier alpha value is -4.06. The lowest BCUT2D eigenvalue weighted by Crippen LogP contribution is -2.19. The van der Waals surface area contributed by atoms with Crippen LogP contribution in [0.25, 0.3) is 6.08 Å². The maximum atomic E-state index is 12.2. The quantitative estimate of drug-likeness (QED) is 0.337. The molecule has 0 radical (unpaired) electrons. The van der Waals surface area contributed by atoms with Crippen LogP contribution in [0.2, 0.25) is 0 Å². The molecule has 150 valence electrons.